The van der Waals surface area contributed by atoms with Crippen LogP contribution in [0.4, 0.5) is 15.3 Å². The number of piperazine rings is 1. The normalized spacial score (nSPS) is 21.1. The lowest BCUT2D eigenvalue weighted by molar-refractivity contribution is -0.135. The van der Waals surface area contributed by atoms with Crippen molar-refractivity contribution in [2.45, 2.75) is 56.7 Å². The van der Waals surface area contributed by atoms with Crippen molar-refractivity contribution < 1.29 is 14.4 Å². The fourth-order valence-corrected chi connectivity index (χ4v) is 7.99. The van der Waals surface area contributed by atoms with Crippen molar-refractivity contribution in [1.29, 1.82) is 0 Å². The molecule has 0 aliphatic carbocycles. The highest BCUT2D eigenvalue weighted by atomic mass is 16.2. The van der Waals surface area contributed by atoms with Gasteiger partial charge in [-0.3, -0.25) is 14.4 Å². The van der Waals surface area contributed by atoms with Crippen LogP contribution in [0.1, 0.15) is 36.8 Å². The molecular formula is C36H49N9O3. The zero-order chi connectivity index (χ0) is 33.2. The third kappa shape index (κ3) is 7.00. The quantitative estimate of drug-likeness (QED) is 0.423. The number of nitrogens with one attached hydrogen (secondary N) is 2. The molecule has 3 fully saturated rings. The van der Waals surface area contributed by atoms with Crippen molar-refractivity contribution in [3.63, 3.8) is 0 Å². The van der Waals surface area contributed by atoms with Crippen LogP contribution in [-0.4, -0.2) is 136 Å². The van der Waals surface area contributed by atoms with E-state index in [0.717, 1.165) is 73.2 Å². The minimum atomic E-state index is -0.667. The molecule has 1 atom stereocenters. The molecule has 12 nitrogen and oxygen atoms in total. The predicted molar refractivity (Wildman–Crippen MR) is 186 cm³/mol. The molecule has 3 aromatic rings. The summed E-state index contributed by atoms with van der Waals surface area (Å²) in [7, 11) is 4.09. The van der Waals surface area contributed by atoms with E-state index in [1.807, 2.05) is 63.0 Å². The Kier molecular flexibility index (Phi) is 9.54. The second-order valence-electron chi connectivity index (χ2n) is 14.0. The third-order valence-electron chi connectivity index (χ3n) is 11.0. The zero-order valence-corrected chi connectivity index (χ0v) is 28.3. The van der Waals surface area contributed by atoms with Crippen LogP contribution in [0.3, 0.4) is 0 Å². The Bertz CT molecular complexity index is 1620. The molecule has 0 radical (unpaired) electrons. The van der Waals surface area contributed by atoms with E-state index in [2.05, 4.69) is 44.7 Å². The van der Waals surface area contributed by atoms with Gasteiger partial charge in [0.2, 0.25) is 5.91 Å². The number of carbonyl (C=O) groups excluding carboxylic acids is 3. The van der Waals surface area contributed by atoms with Gasteiger partial charge >= 0.3 is 12.1 Å². The van der Waals surface area contributed by atoms with E-state index in [0.29, 0.717) is 58.0 Å². The van der Waals surface area contributed by atoms with Gasteiger partial charge in [0.1, 0.15) is 6.04 Å². The molecule has 4 aliphatic rings. The van der Waals surface area contributed by atoms with Crippen molar-refractivity contribution in [2.75, 3.05) is 71.3 Å². The standard InChI is InChI=1S/C36H49N9O3/c1-40-19-21-42(22-20-40)29-10-14-43(15-11-29)34(46)32(24-26-7-8-33-28(23-26)25-37-41(33)2)39-35(47)44-16-12-30(13-17-44)45-18-9-27-5-3-4-6-31(27)38-36(45)48/h3-8,23,25,29-30,32H,9-22,24H2,1-2H3,(H,38,48)(H,39,47). The van der Waals surface area contributed by atoms with Crippen molar-refractivity contribution >= 4 is 34.6 Å². The number of aromatic nitrogens is 2. The first-order chi connectivity index (χ1) is 23.3. The van der Waals surface area contributed by atoms with E-state index in [4.69, 9.17) is 0 Å². The zero-order valence-electron chi connectivity index (χ0n) is 28.3. The van der Waals surface area contributed by atoms with Crippen LogP contribution in [0, 0.1) is 0 Å². The Balaban J connectivity index is 0.991. The number of likely N-dealkylation sites (tertiary alicyclic amines) is 2. The molecule has 4 aliphatic heterocycles. The molecule has 7 rings (SSSR count). The van der Waals surface area contributed by atoms with Crippen LogP contribution in [0.15, 0.2) is 48.7 Å². The number of rotatable bonds is 6. The summed E-state index contributed by atoms with van der Waals surface area (Å²) >= 11 is 0. The molecule has 0 saturated carbocycles. The van der Waals surface area contributed by atoms with Gasteiger partial charge in [0.15, 0.2) is 0 Å². The summed E-state index contributed by atoms with van der Waals surface area (Å²) in [6.45, 7) is 7.47. The van der Waals surface area contributed by atoms with Gasteiger partial charge in [-0.25, -0.2) is 9.59 Å². The molecule has 12 heteroatoms. The first-order valence-corrected chi connectivity index (χ1v) is 17.7. The smallest absolute Gasteiger partial charge is 0.322 e. The second-order valence-corrected chi connectivity index (χ2v) is 14.0. The molecule has 1 aromatic heterocycles. The second kappa shape index (κ2) is 14.1. The third-order valence-corrected chi connectivity index (χ3v) is 11.0. The van der Waals surface area contributed by atoms with Crippen molar-refractivity contribution in [2.24, 2.45) is 7.05 Å². The Morgan fingerprint density at radius 3 is 2.35 bits per heavy atom. The summed E-state index contributed by atoms with van der Waals surface area (Å²) in [5.41, 5.74) is 4.05. The lowest BCUT2D eigenvalue weighted by Crippen LogP contribution is -2.58. The maximum Gasteiger partial charge on any atom is 0.322 e. The van der Waals surface area contributed by atoms with Crippen LogP contribution in [-0.2, 0) is 24.7 Å². The minimum absolute atomic E-state index is 0.0119. The maximum atomic E-state index is 14.1. The van der Waals surface area contributed by atoms with E-state index in [9.17, 15) is 14.4 Å². The monoisotopic (exact) mass is 655 g/mol. The average molecular weight is 656 g/mol. The number of fused-ring (bicyclic) bond motifs is 2. The van der Waals surface area contributed by atoms with Crippen LogP contribution in [0.5, 0.6) is 0 Å². The Morgan fingerprint density at radius 1 is 0.875 bits per heavy atom. The molecule has 0 bridgehead atoms. The minimum Gasteiger partial charge on any atom is -0.341 e. The molecule has 48 heavy (non-hydrogen) atoms. The largest absolute Gasteiger partial charge is 0.341 e. The summed E-state index contributed by atoms with van der Waals surface area (Å²) in [5, 5.41) is 11.6. The number of hydrogen-bond donors (Lipinski definition) is 2. The number of carbonyl (C=O) groups is 3. The number of amides is 5. The molecule has 5 heterocycles. The molecular weight excluding hydrogens is 606 g/mol. The highest BCUT2D eigenvalue weighted by molar-refractivity contribution is 5.91. The van der Waals surface area contributed by atoms with Gasteiger partial charge in [-0.1, -0.05) is 24.3 Å². The lowest BCUT2D eigenvalue weighted by Gasteiger charge is -2.42. The van der Waals surface area contributed by atoms with Crippen LogP contribution in [0.2, 0.25) is 0 Å². The molecule has 2 N–H and O–H groups in total. The van der Waals surface area contributed by atoms with E-state index >= 15 is 0 Å². The molecule has 1 unspecified atom stereocenters. The van der Waals surface area contributed by atoms with E-state index in [-0.39, 0.29) is 24.0 Å². The first kappa shape index (κ1) is 32.4. The highest BCUT2D eigenvalue weighted by Crippen LogP contribution is 2.25. The van der Waals surface area contributed by atoms with Gasteiger partial charge in [0, 0.05) is 95.5 Å². The number of piperidine rings is 2. The summed E-state index contributed by atoms with van der Waals surface area (Å²) in [5.74, 6) is -0.0119. The van der Waals surface area contributed by atoms with Crippen LogP contribution in [0.25, 0.3) is 10.9 Å². The number of benzene rings is 2. The molecule has 256 valence electrons. The summed E-state index contributed by atoms with van der Waals surface area (Å²) < 4.78 is 1.84. The van der Waals surface area contributed by atoms with Crippen molar-refractivity contribution in [1.82, 2.24) is 39.6 Å². The van der Waals surface area contributed by atoms with Gasteiger partial charge in [-0.05, 0) is 68.5 Å². The number of urea groups is 2. The lowest BCUT2D eigenvalue weighted by atomic mass is 9.99. The first-order valence-electron chi connectivity index (χ1n) is 17.7. The fourth-order valence-electron chi connectivity index (χ4n) is 7.99. The molecule has 5 amide bonds. The number of aryl methyl sites for hydroxylation is 1. The number of nitrogens with zero attached hydrogens (tertiary/aromatic N) is 7. The van der Waals surface area contributed by atoms with Gasteiger partial charge < -0.3 is 30.2 Å². The van der Waals surface area contributed by atoms with Gasteiger partial charge in [-0.2, -0.15) is 5.10 Å². The summed E-state index contributed by atoms with van der Waals surface area (Å²) in [6.07, 6.45) is 6.38. The number of anilines is 1. The average Bonchev–Trinajstić information content (AvgIpc) is 3.38. The van der Waals surface area contributed by atoms with Gasteiger partial charge in [0.25, 0.3) is 0 Å². The Labute approximate surface area is 283 Å². The predicted octanol–water partition coefficient (Wildman–Crippen LogP) is 2.99. The van der Waals surface area contributed by atoms with Gasteiger partial charge in [-0.15, -0.1) is 0 Å². The number of likely N-dealkylation sites (N-methyl/N-ethyl adjacent to an activating group) is 1. The van der Waals surface area contributed by atoms with E-state index in [1.165, 1.54) is 0 Å². The van der Waals surface area contributed by atoms with Crippen molar-refractivity contribution in [3.8, 4) is 0 Å². The highest BCUT2D eigenvalue weighted by Gasteiger charge is 2.35. The van der Waals surface area contributed by atoms with Crippen LogP contribution >= 0.6 is 0 Å². The number of hydrogen-bond acceptors (Lipinski definition) is 6. The molecule has 0 spiro atoms. The fraction of sp³-hybridized carbons (Fsp3) is 0.556. The van der Waals surface area contributed by atoms with Crippen molar-refractivity contribution in [3.05, 3.63) is 59.8 Å². The van der Waals surface area contributed by atoms with Gasteiger partial charge in [0.05, 0.1) is 11.7 Å². The molecule has 3 saturated heterocycles. The SMILES string of the molecule is CN1CCN(C2CCN(C(=O)C(Cc3ccc4c(cnn4C)c3)NC(=O)N3CCC(N4CCc5ccccc5NC4=O)CC3)CC2)CC1. The Hall–Kier alpha value is -4.16. The Morgan fingerprint density at radius 2 is 1.58 bits per heavy atom. The topological polar surface area (TPSA) is 109 Å². The number of para-hydroxylation sites is 1. The summed E-state index contributed by atoms with van der Waals surface area (Å²) in [6, 6.07) is 13.7. The maximum absolute atomic E-state index is 14.1. The summed E-state index contributed by atoms with van der Waals surface area (Å²) in [4.78, 5) is 51.7. The van der Waals surface area contributed by atoms with E-state index < -0.39 is 6.04 Å². The van der Waals surface area contributed by atoms with Crippen LogP contribution < -0.4 is 10.6 Å². The molecule has 2 aromatic carbocycles. The van der Waals surface area contributed by atoms with E-state index in [1.54, 1.807) is 0 Å².